The molecule has 8 nitrogen and oxygen atoms in total. The van der Waals surface area contributed by atoms with Crippen molar-refractivity contribution in [3.8, 4) is 34.8 Å². The molecule has 2 atom stereocenters. The Kier molecular flexibility index (Phi) is 8.02. The van der Waals surface area contributed by atoms with E-state index in [1.54, 1.807) is 24.3 Å². The molecule has 2 unspecified atom stereocenters. The van der Waals surface area contributed by atoms with Gasteiger partial charge in [-0.3, -0.25) is 0 Å². The molecule has 2 N–H and O–H groups in total. The third-order valence-electron chi connectivity index (χ3n) is 5.78. The third-order valence-corrected chi connectivity index (χ3v) is 5.78. The average Bonchev–Trinajstić information content (AvgIpc) is 2.90. The fourth-order valence-corrected chi connectivity index (χ4v) is 4.07. The first-order valence-corrected chi connectivity index (χ1v) is 12.1. The number of nitrogens with zero attached hydrogens (tertiary/aromatic N) is 1. The molecule has 0 saturated heterocycles. The zero-order valence-corrected chi connectivity index (χ0v) is 21.2. The Morgan fingerprint density at radius 1 is 1.05 bits per heavy atom. The maximum absolute atomic E-state index is 13.9. The zero-order valence-electron chi connectivity index (χ0n) is 21.2. The average molecular weight is 519 g/mol. The van der Waals surface area contributed by atoms with Gasteiger partial charge in [0.05, 0.1) is 19.1 Å². The number of hydrogen-bond acceptors (Lipinski definition) is 8. The minimum absolute atomic E-state index is 0.0581. The van der Waals surface area contributed by atoms with Crippen LogP contribution in [0.2, 0.25) is 0 Å². The van der Waals surface area contributed by atoms with Gasteiger partial charge in [-0.25, -0.2) is 9.18 Å². The Labute approximate surface area is 219 Å². The van der Waals surface area contributed by atoms with Gasteiger partial charge in [-0.2, -0.15) is 5.26 Å². The summed E-state index contributed by atoms with van der Waals surface area (Å²) in [4.78, 5) is 12.6. The van der Waals surface area contributed by atoms with E-state index in [4.69, 9.17) is 29.4 Å². The van der Waals surface area contributed by atoms with Crippen LogP contribution < -0.4 is 29.4 Å². The van der Waals surface area contributed by atoms with Crippen molar-refractivity contribution in [3.05, 3.63) is 89.1 Å². The second-order valence-electron chi connectivity index (χ2n) is 8.31. The zero-order chi connectivity index (χ0) is 27.2. The van der Waals surface area contributed by atoms with Gasteiger partial charge in [0.15, 0.2) is 29.2 Å². The van der Waals surface area contributed by atoms with Crippen molar-refractivity contribution >= 4 is 5.97 Å². The lowest BCUT2D eigenvalue weighted by Gasteiger charge is -2.27. The number of carbonyl (C=O) groups is 1. The van der Waals surface area contributed by atoms with E-state index in [0.717, 1.165) is 5.56 Å². The first-order valence-electron chi connectivity index (χ1n) is 12.1. The quantitative estimate of drug-likeness (QED) is 0.303. The van der Waals surface area contributed by atoms with Crippen molar-refractivity contribution < 1.29 is 32.9 Å². The van der Waals surface area contributed by atoms with Gasteiger partial charge in [-0.15, -0.1) is 0 Å². The lowest BCUT2D eigenvalue weighted by molar-refractivity contribution is -0.141. The van der Waals surface area contributed by atoms with E-state index >= 15 is 0 Å². The number of ether oxygens (including phenoxy) is 5. The number of esters is 1. The predicted octanol–water partition coefficient (Wildman–Crippen LogP) is 5.21. The van der Waals surface area contributed by atoms with Crippen LogP contribution in [-0.4, -0.2) is 25.3 Å². The van der Waals surface area contributed by atoms with Crippen LogP contribution in [0, 0.1) is 17.1 Å². The second kappa shape index (κ2) is 11.6. The Balaban J connectivity index is 1.62. The Bertz CT molecular complexity index is 1410. The molecule has 1 aliphatic heterocycles. The summed E-state index contributed by atoms with van der Waals surface area (Å²) >= 11 is 0. The summed E-state index contributed by atoms with van der Waals surface area (Å²) in [6.45, 7) is 6.12. The van der Waals surface area contributed by atoms with E-state index in [-0.39, 0.29) is 23.0 Å². The summed E-state index contributed by atoms with van der Waals surface area (Å²) < 4.78 is 41.9. The number of halogens is 1. The van der Waals surface area contributed by atoms with Crippen LogP contribution in [0.3, 0.4) is 0 Å². The van der Waals surface area contributed by atoms with Gasteiger partial charge in [0, 0.05) is 11.6 Å². The number of carbonyl (C=O) groups excluding carboxylic acids is 1. The summed E-state index contributed by atoms with van der Waals surface area (Å²) in [5.41, 5.74) is 7.76. The summed E-state index contributed by atoms with van der Waals surface area (Å²) in [6.07, 6.45) is -1.08. The number of rotatable bonds is 9. The largest absolute Gasteiger partial charge is 0.490 e. The molecular weight excluding hydrogens is 491 g/mol. The summed E-state index contributed by atoms with van der Waals surface area (Å²) in [5, 5.41) is 9.87. The van der Waals surface area contributed by atoms with Crippen LogP contribution in [-0.2, 0) is 4.79 Å². The van der Waals surface area contributed by atoms with E-state index in [9.17, 15) is 14.4 Å². The number of hydrogen-bond donors (Lipinski definition) is 1. The molecule has 0 bridgehead atoms. The van der Waals surface area contributed by atoms with E-state index in [1.807, 2.05) is 26.0 Å². The number of benzene rings is 3. The van der Waals surface area contributed by atoms with E-state index in [2.05, 4.69) is 6.07 Å². The lowest BCUT2D eigenvalue weighted by Crippen LogP contribution is -2.29. The van der Waals surface area contributed by atoms with Crippen LogP contribution in [0.1, 0.15) is 37.8 Å². The SMILES string of the molecule is CCOc1ccc(C2C(C#N)=C(N)Oc3cc(OC(=O)C(C)Oc4ccccc4F)ccc32)cc1OCC. The van der Waals surface area contributed by atoms with Crippen molar-refractivity contribution in [2.75, 3.05) is 13.2 Å². The molecule has 4 rings (SSSR count). The van der Waals surface area contributed by atoms with Crippen LogP contribution in [0.15, 0.2) is 72.1 Å². The Morgan fingerprint density at radius 2 is 1.79 bits per heavy atom. The Morgan fingerprint density at radius 3 is 2.50 bits per heavy atom. The van der Waals surface area contributed by atoms with Crippen molar-refractivity contribution in [1.29, 1.82) is 5.26 Å². The van der Waals surface area contributed by atoms with Crippen LogP contribution >= 0.6 is 0 Å². The molecule has 3 aromatic rings. The highest BCUT2D eigenvalue weighted by molar-refractivity contribution is 5.77. The normalized spacial score (nSPS) is 15.0. The standard InChI is InChI=1S/C29H27FN2O6/c1-4-34-24-13-10-18(14-26(24)35-5-2)27-20-12-11-19(15-25(20)38-28(32)21(27)16-31)37-29(33)17(3)36-23-9-7-6-8-22(23)30/h6-15,17,27H,4-5,32H2,1-3H3. The Hall–Kier alpha value is -4.71. The number of nitriles is 1. The minimum Gasteiger partial charge on any atom is -0.490 e. The molecule has 196 valence electrons. The highest BCUT2D eigenvalue weighted by atomic mass is 19.1. The smallest absolute Gasteiger partial charge is 0.352 e. The maximum atomic E-state index is 13.9. The lowest BCUT2D eigenvalue weighted by atomic mass is 9.83. The topological polar surface area (TPSA) is 113 Å². The third kappa shape index (κ3) is 5.49. The van der Waals surface area contributed by atoms with Gasteiger partial charge in [0.25, 0.3) is 0 Å². The minimum atomic E-state index is -1.08. The number of allylic oxidation sites excluding steroid dienone is 1. The molecule has 0 amide bonds. The summed E-state index contributed by atoms with van der Waals surface area (Å²) in [6, 6.07) is 18.2. The molecular formula is C29H27FN2O6. The van der Waals surface area contributed by atoms with Crippen LogP contribution in [0.5, 0.6) is 28.7 Å². The molecule has 0 aromatic heterocycles. The molecule has 0 fully saturated rings. The molecule has 0 saturated carbocycles. The maximum Gasteiger partial charge on any atom is 0.352 e. The molecule has 3 aromatic carbocycles. The highest BCUT2D eigenvalue weighted by Crippen LogP contribution is 2.45. The van der Waals surface area contributed by atoms with Gasteiger partial charge in [-0.1, -0.05) is 24.3 Å². The number of fused-ring (bicyclic) bond motifs is 1. The molecule has 1 aliphatic rings. The van der Waals surface area contributed by atoms with E-state index < -0.39 is 23.8 Å². The van der Waals surface area contributed by atoms with Gasteiger partial charge >= 0.3 is 5.97 Å². The van der Waals surface area contributed by atoms with Crippen molar-refractivity contribution in [2.24, 2.45) is 5.73 Å². The summed E-state index contributed by atoms with van der Waals surface area (Å²) in [7, 11) is 0. The second-order valence-corrected chi connectivity index (χ2v) is 8.31. The van der Waals surface area contributed by atoms with E-state index in [1.165, 1.54) is 31.2 Å². The van der Waals surface area contributed by atoms with Gasteiger partial charge in [-0.05, 0) is 56.7 Å². The van der Waals surface area contributed by atoms with Gasteiger partial charge < -0.3 is 29.4 Å². The molecule has 0 aliphatic carbocycles. The molecule has 0 spiro atoms. The van der Waals surface area contributed by atoms with Gasteiger partial charge in [0.1, 0.15) is 23.1 Å². The first-order chi connectivity index (χ1) is 18.4. The fourth-order valence-electron chi connectivity index (χ4n) is 4.07. The number of nitrogens with two attached hydrogens (primary N) is 1. The summed E-state index contributed by atoms with van der Waals surface area (Å²) in [5.74, 6) is -0.342. The van der Waals surface area contributed by atoms with Gasteiger partial charge in [0.2, 0.25) is 5.88 Å². The van der Waals surface area contributed by atoms with Crippen molar-refractivity contribution in [2.45, 2.75) is 32.8 Å². The monoisotopic (exact) mass is 518 g/mol. The van der Waals surface area contributed by atoms with Crippen molar-refractivity contribution in [3.63, 3.8) is 0 Å². The molecule has 1 heterocycles. The van der Waals surface area contributed by atoms with Crippen LogP contribution in [0.25, 0.3) is 0 Å². The fraction of sp³-hybridized carbons (Fsp3) is 0.241. The number of para-hydroxylation sites is 1. The van der Waals surface area contributed by atoms with E-state index in [0.29, 0.717) is 36.0 Å². The first kappa shape index (κ1) is 26.4. The van der Waals surface area contributed by atoms with Crippen molar-refractivity contribution in [1.82, 2.24) is 0 Å². The molecule has 0 radical (unpaired) electrons. The highest BCUT2D eigenvalue weighted by Gasteiger charge is 2.32. The predicted molar refractivity (Wildman–Crippen MR) is 137 cm³/mol. The van der Waals surface area contributed by atoms with Crippen LogP contribution in [0.4, 0.5) is 4.39 Å². The molecule has 9 heteroatoms. The molecule has 38 heavy (non-hydrogen) atoms.